The van der Waals surface area contributed by atoms with Crippen molar-refractivity contribution in [2.75, 3.05) is 6.61 Å². The summed E-state index contributed by atoms with van der Waals surface area (Å²) >= 11 is 0. The molecule has 0 bridgehead atoms. The van der Waals surface area contributed by atoms with Crippen molar-refractivity contribution in [3.05, 3.63) is 14.9 Å². The maximum Gasteiger partial charge on any atom is 2.00 e. The van der Waals surface area contributed by atoms with Crippen LogP contribution in [0.2, 0.25) is 0 Å². The second-order valence-corrected chi connectivity index (χ2v) is 1.82. The molecule has 1 atom stereocenters. The predicted molar refractivity (Wildman–Crippen MR) is 37.5 cm³/mol. The summed E-state index contributed by atoms with van der Waals surface area (Å²) in [6, 6.07) is 0. The van der Waals surface area contributed by atoms with E-state index in [-0.39, 0.29) is 34.3 Å². The van der Waals surface area contributed by atoms with Crippen molar-refractivity contribution in [3.8, 4) is 0 Å². The Balaban J connectivity index is -0.000000120. The molecule has 1 unspecified atom stereocenters. The number of hydrogen-bond donors (Lipinski definition) is 0. The number of hydrogen-bond acceptors (Lipinski definition) is 1. The average Bonchev–Trinajstić information content (AvgIpc) is 1.86. The Morgan fingerprint density at radius 3 is 2.00 bits per heavy atom. The Bertz CT molecular complexity index is 42.2. The first-order valence-corrected chi connectivity index (χ1v) is 2.51. The van der Waals surface area contributed by atoms with Crippen molar-refractivity contribution >= 4 is 0 Å². The van der Waals surface area contributed by atoms with E-state index in [0.29, 0.717) is 6.10 Å². The normalized spacial score (nSPS) is 23.0. The van der Waals surface area contributed by atoms with Gasteiger partial charge in [-0.25, -0.2) is 0 Å². The summed E-state index contributed by atoms with van der Waals surface area (Å²) in [4.78, 5) is 0. The molecule has 0 aromatic heterocycles. The first-order chi connectivity index (χ1) is 2.89. The van der Waals surface area contributed by atoms with E-state index in [1.807, 2.05) is 0 Å². The zero-order valence-electron chi connectivity index (χ0n) is 6.81. The van der Waals surface area contributed by atoms with Crippen molar-refractivity contribution in [1.82, 2.24) is 0 Å². The maximum atomic E-state index is 5.15. The summed E-state index contributed by atoms with van der Waals surface area (Å²) in [6.45, 7) is 3.11. The molecule has 0 saturated carbocycles. The molecule has 1 fully saturated rings. The monoisotopic (exact) mass is 180 g/mol. The van der Waals surface area contributed by atoms with Gasteiger partial charge in [0.15, 0.2) is 0 Å². The minimum absolute atomic E-state index is 0. The largest absolute Gasteiger partial charge is 2.00 e. The average molecular weight is 182 g/mol. The molecule has 1 heterocycles. The standard InChI is InChI=1S/C5H10O.2CH3.Zn/c1-5-3-2-4-6-5;;;/h5H,2-4H2,1H3;2*1H3;/q;2*-1;+2. The third-order valence-corrected chi connectivity index (χ3v) is 1.16. The molecule has 0 amide bonds. The van der Waals surface area contributed by atoms with Crippen LogP contribution in [0.25, 0.3) is 0 Å². The molecule has 52 valence electrons. The summed E-state index contributed by atoms with van der Waals surface area (Å²) in [6.07, 6.45) is 3.08. The number of rotatable bonds is 0. The van der Waals surface area contributed by atoms with E-state index in [0.717, 1.165) is 6.61 Å². The molecule has 1 aliphatic rings. The molecular weight excluding hydrogens is 165 g/mol. The third-order valence-electron chi connectivity index (χ3n) is 1.16. The van der Waals surface area contributed by atoms with Gasteiger partial charge in [-0.3, -0.25) is 0 Å². The Hall–Kier alpha value is 0.583. The minimum Gasteiger partial charge on any atom is -0.379 e. The van der Waals surface area contributed by atoms with E-state index in [1.54, 1.807) is 0 Å². The van der Waals surface area contributed by atoms with Gasteiger partial charge < -0.3 is 19.6 Å². The molecule has 0 N–H and O–H groups in total. The summed E-state index contributed by atoms with van der Waals surface area (Å²) < 4.78 is 5.15. The molecule has 2 heteroatoms. The van der Waals surface area contributed by atoms with E-state index in [2.05, 4.69) is 6.92 Å². The van der Waals surface area contributed by atoms with E-state index in [9.17, 15) is 0 Å². The molecule has 1 saturated heterocycles. The molecular formula is C7H16OZn. The van der Waals surface area contributed by atoms with Crippen LogP contribution in [-0.4, -0.2) is 12.7 Å². The summed E-state index contributed by atoms with van der Waals surface area (Å²) in [5, 5.41) is 0. The molecule has 1 aliphatic heterocycles. The van der Waals surface area contributed by atoms with Crippen LogP contribution in [0.4, 0.5) is 0 Å². The number of ether oxygens (including phenoxy) is 1. The van der Waals surface area contributed by atoms with Gasteiger partial charge >= 0.3 is 19.5 Å². The van der Waals surface area contributed by atoms with E-state index in [4.69, 9.17) is 4.74 Å². The van der Waals surface area contributed by atoms with Gasteiger partial charge in [0.2, 0.25) is 0 Å². The first kappa shape index (κ1) is 16.3. The molecule has 0 spiro atoms. The van der Waals surface area contributed by atoms with Gasteiger partial charge in [0.1, 0.15) is 0 Å². The van der Waals surface area contributed by atoms with Crippen LogP contribution >= 0.6 is 0 Å². The Morgan fingerprint density at radius 2 is 1.89 bits per heavy atom. The van der Waals surface area contributed by atoms with Gasteiger partial charge in [0.25, 0.3) is 0 Å². The first-order valence-electron chi connectivity index (χ1n) is 2.51. The fourth-order valence-corrected chi connectivity index (χ4v) is 0.739. The van der Waals surface area contributed by atoms with Crippen molar-refractivity contribution in [3.63, 3.8) is 0 Å². The molecule has 9 heavy (non-hydrogen) atoms. The van der Waals surface area contributed by atoms with Crippen LogP contribution in [0.15, 0.2) is 0 Å². The quantitative estimate of drug-likeness (QED) is 0.411. The topological polar surface area (TPSA) is 9.23 Å². The van der Waals surface area contributed by atoms with E-state index >= 15 is 0 Å². The van der Waals surface area contributed by atoms with Gasteiger partial charge in [-0.1, -0.05) is 0 Å². The molecule has 0 radical (unpaired) electrons. The van der Waals surface area contributed by atoms with Gasteiger partial charge in [-0.15, -0.1) is 0 Å². The van der Waals surface area contributed by atoms with E-state index < -0.39 is 0 Å². The summed E-state index contributed by atoms with van der Waals surface area (Å²) in [5.41, 5.74) is 0. The molecule has 0 aromatic carbocycles. The zero-order valence-corrected chi connectivity index (χ0v) is 9.78. The van der Waals surface area contributed by atoms with Crippen molar-refractivity contribution in [1.29, 1.82) is 0 Å². The van der Waals surface area contributed by atoms with Crippen LogP contribution in [0.5, 0.6) is 0 Å². The van der Waals surface area contributed by atoms with E-state index in [1.165, 1.54) is 12.8 Å². The zero-order chi connectivity index (χ0) is 4.41. The van der Waals surface area contributed by atoms with Gasteiger partial charge in [-0.2, -0.15) is 0 Å². The van der Waals surface area contributed by atoms with Crippen LogP contribution in [-0.2, 0) is 24.2 Å². The second-order valence-electron chi connectivity index (χ2n) is 1.82. The smallest absolute Gasteiger partial charge is 0.379 e. The maximum absolute atomic E-state index is 5.15. The molecule has 0 aliphatic carbocycles. The molecule has 0 aromatic rings. The van der Waals surface area contributed by atoms with Crippen LogP contribution in [0.3, 0.4) is 0 Å². The summed E-state index contributed by atoms with van der Waals surface area (Å²) in [7, 11) is 0. The van der Waals surface area contributed by atoms with Crippen molar-refractivity contribution in [2.24, 2.45) is 0 Å². The van der Waals surface area contributed by atoms with Crippen LogP contribution < -0.4 is 0 Å². The minimum atomic E-state index is 0. The fraction of sp³-hybridized carbons (Fsp3) is 0.714. The Morgan fingerprint density at radius 1 is 1.33 bits per heavy atom. The second kappa shape index (κ2) is 8.58. The van der Waals surface area contributed by atoms with Gasteiger partial charge in [0, 0.05) is 6.61 Å². The van der Waals surface area contributed by atoms with Crippen molar-refractivity contribution < 1.29 is 24.2 Å². The van der Waals surface area contributed by atoms with Crippen molar-refractivity contribution in [2.45, 2.75) is 25.9 Å². The summed E-state index contributed by atoms with van der Waals surface area (Å²) in [5.74, 6) is 0. The SMILES string of the molecule is CC1CCCO1.[CH3-].[CH3-].[Zn+2]. The third kappa shape index (κ3) is 6.47. The van der Waals surface area contributed by atoms with Gasteiger partial charge in [0.05, 0.1) is 6.10 Å². The Kier molecular flexibility index (Phi) is 15.5. The molecule has 1 nitrogen and oxygen atoms in total. The van der Waals surface area contributed by atoms with Crippen LogP contribution in [0, 0.1) is 14.9 Å². The Labute approximate surface area is 71.9 Å². The predicted octanol–water partition coefficient (Wildman–Crippen LogP) is 2.08. The van der Waals surface area contributed by atoms with Crippen LogP contribution in [0.1, 0.15) is 19.8 Å². The van der Waals surface area contributed by atoms with Gasteiger partial charge in [-0.05, 0) is 19.8 Å². The fourth-order valence-electron chi connectivity index (χ4n) is 0.739. The molecule has 1 rings (SSSR count).